The number of rotatable bonds is 10. The summed E-state index contributed by atoms with van der Waals surface area (Å²) >= 11 is 0. The molecule has 0 heterocycles. The summed E-state index contributed by atoms with van der Waals surface area (Å²) in [6.07, 6.45) is 2.17. The maximum atomic E-state index is 13.4. The molecule has 0 saturated carbocycles. The molecular weight excluding hydrogens is 433 g/mol. The fourth-order valence-electron chi connectivity index (χ4n) is 3.38. The number of hydrogen-bond donors (Lipinski definition) is 1. The molecule has 174 valence electrons. The van der Waals surface area contributed by atoms with Crippen molar-refractivity contribution >= 4 is 27.5 Å². The summed E-state index contributed by atoms with van der Waals surface area (Å²) in [5.41, 5.74) is 2.03. The number of nitrogens with one attached hydrogen (secondary N) is 1. The molecule has 0 aromatic heterocycles. The summed E-state index contributed by atoms with van der Waals surface area (Å²) in [7, 11) is -2.29. The second kappa shape index (κ2) is 11.1. The van der Waals surface area contributed by atoms with Crippen molar-refractivity contribution in [2.45, 2.75) is 39.3 Å². The Morgan fingerprint density at radius 1 is 1.00 bits per heavy atom. The largest absolute Gasteiger partial charge is 0.357 e. The van der Waals surface area contributed by atoms with Gasteiger partial charge in [-0.25, -0.2) is 12.8 Å². The number of likely N-dealkylation sites (N-methyl/N-ethyl adjacent to an activating group) is 1. The summed E-state index contributed by atoms with van der Waals surface area (Å²) in [5, 5.41) is 2.55. The van der Waals surface area contributed by atoms with E-state index in [1.807, 2.05) is 19.1 Å². The molecule has 0 bridgehead atoms. The van der Waals surface area contributed by atoms with Gasteiger partial charge in [0.05, 0.1) is 11.9 Å². The zero-order valence-electron chi connectivity index (χ0n) is 18.8. The predicted octanol–water partition coefficient (Wildman–Crippen LogP) is 2.71. The van der Waals surface area contributed by atoms with Gasteiger partial charge in [0, 0.05) is 13.6 Å². The third-order valence-electron chi connectivity index (χ3n) is 5.21. The molecule has 7 nitrogen and oxygen atoms in total. The molecule has 2 rings (SSSR count). The number of amides is 2. The molecule has 2 aromatic carbocycles. The number of carbonyl (C=O) groups excluding carboxylic acids is 2. The first-order valence-electron chi connectivity index (χ1n) is 10.4. The number of hydrogen-bond acceptors (Lipinski definition) is 4. The van der Waals surface area contributed by atoms with Gasteiger partial charge in [0.1, 0.15) is 18.4 Å². The number of aryl methyl sites for hydroxylation is 1. The van der Waals surface area contributed by atoms with Crippen molar-refractivity contribution in [3.63, 3.8) is 0 Å². The Hall–Kier alpha value is -2.94. The van der Waals surface area contributed by atoms with E-state index < -0.39 is 34.3 Å². The van der Waals surface area contributed by atoms with Crippen molar-refractivity contribution in [3.05, 3.63) is 65.5 Å². The lowest BCUT2D eigenvalue weighted by Gasteiger charge is -2.32. The highest BCUT2D eigenvalue weighted by Crippen LogP contribution is 2.20. The Morgan fingerprint density at radius 2 is 1.56 bits per heavy atom. The quantitative estimate of drug-likeness (QED) is 0.587. The predicted molar refractivity (Wildman–Crippen MR) is 123 cm³/mol. The first-order chi connectivity index (χ1) is 15.1. The topological polar surface area (TPSA) is 86.8 Å². The smallest absolute Gasteiger partial charge is 0.244 e. The normalized spacial score (nSPS) is 12.2. The minimum atomic E-state index is -3.77. The van der Waals surface area contributed by atoms with E-state index >= 15 is 0 Å². The number of sulfonamides is 1. The standard InChI is InChI=1S/C23H30FN3O4S/c1-5-17-9-13-20(14-10-17)27(32(4,30)31)16-22(28)26(21(6-2)23(29)25-3)15-18-7-11-19(24)12-8-18/h7-14,21H,5-6,15-16H2,1-4H3,(H,25,29)/t21-/m0/s1. The lowest BCUT2D eigenvalue weighted by atomic mass is 10.1. The second-order valence-corrected chi connectivity index (χ2v) is 9.38. The van der Waals surface area contributed by atoms with Crippen LogP contribution < -0.4 is 9.62 Å². The molecule has 2 aromatic rings. The number of halogens is 1. The summed E-state index contributed by atoms with van der Waals surface area (Å²) in [5.74, 6) is -1.31. The van der Waals surface area contributed by atoms with Crippen LogP contribution >= 0.6 is 0 Å². The van der Waals surface area contributed by atoms with E-state index in [0.29, 0.717) is 17.7 Å². The Morgan fingerprint density at radius 3 is 2.03 bits per heavy atom. The summed E-state index contributed by atoms with van der Waals surface area (Å²) in [4.78, 5) is 27.2. The molecule has 1 N–H and O–H groups in total. The van der Waals surface area contributed by atoms with E-state index in [9.17, 15) is 22.4 Å². The molecule has 0 aliphatic heterocycles. The van der Waals surface area contributed by atoms with Crippen molar-refractivity contribution in [2.75, 3.05) is 24.2 Å². The zero-order valence-corrected chi connectivity index (χ0v) is 19.7. The van der Waals surface area contributed by atoms with Crippen LogP contribution in [0.4, 0.5) is 10.1 Å². The van der Waals surface area contributed by atoms with Gasteiger partial charge in [-0.05, 0) is 48.2 Å². The van der Waals surface area contributed by atoms with Crippen LogP contribution in [-0.2, 0) is 32.6 Å². The molecule has 9 heteroatoms. The highest BCUT2D eigenvalue weighted by Gasteiger charge is 2.31. The van der Waals surface area contributed by atoms with Gasteiger partial charge in [-0.1, -0.05) is 38.1 Å². The molecule has 2 amide bonds. The van der Waals surface area contributed by atoms with Crippen molar-refractivity contribution in [1.82, 2.24) is 10.2 Å². The van der Waals surface area contributed by atoms with E-state index in [0.717, 1.165) is 22.5 Å². The highest BCUT2D eigenvalue weighted by molar-refractivity contribution is 7.92. The van der Waals surface area contributed by atoms with E-state index in [1.54, 1.807) is 19.1 Å². The number of benzene rings is 2. The average Bonchev–Trinajstić information content (AvgIpc) is 2.77. The summed E-state index contributed by atoms with van der Waals surface area (Å²) in [6, 6.07) is 11.8. The molecule has 0 spiro atoms. The Labute approximate surface area is 189 Å². The van der Waals surface area contributed by atoms with Crippen LogP contribution in [0.25, 0.3) is 0 Å². The lowest BCUT2D eigenvalue weighted by Crippen LogP contribution is -2.51. The van der Waals surface area contributed by atoms with Crippen LogP contribution in [0.5, 0.6) is 0 Å². The maximum absolute atomic E-state index is 13.4. The van der Waals surface area contributed by atoms with E-state index in [-0.39, 0.29) is 12.5 Å². The van der Waals surface area contributed by atoms with Crippen LogP contribution in [0, 0.1) is 5.82 Å². The molecule has 0 aliphatic carbocycles. The molecule has 0 saturated heterocycles. The molecule has 0 radical (unpaired) electrons. The third-order valence-corrected chi connectivity index (χ3v) is 6.35. The van der Waals surface area contributed by atoms with Gasteiger partial charge in [0.15, 0.2) is 0 Å². The second-order valence-electron chi connectivity index (χ2n) is 7.48. The maximum Gasteiger partial charge on any atom is 0.244 e. The van der Waals surface area contributed by atoms with Crippen LogP contribution in [-0.4, -0.2) is 51.0 Å². The van der Waals surface area contributed by atoms with Crippen molar-refractivity contribution < 1.29 is 22.4 Å². The number of carbonyl (C=O) groups is 2. The van der Waals surface area contributed by atoms with Gasteiger partial charge in [-0.3, -0.25) is 13.9 Å². The van der Waals surface area contributed by atoms with E-state index in [4.69, 9.17) is 0 Å². The number of nitrogens with zero attached hydrogens (tertiary/aromatic N) is 2. The van der Waals surface area contributed by atoms with Crippen LogP contribution in [0.15, 0.2) is 48.5 Å². The van der Waals surface area contributed by atoms with Gasteiger partial charge >= 0.3 is 0 Å². The minimum absolute atomic E-state index is 0.0391. The zero-order chi connectivity index (χ0) is 23.9. The molecule has 1 atom stereocenters. The lowest BCUT2D eigenvalue weighted by molar-refractivity contribution is -0.140. The van der Waals surface area contributed by atoms with Gasteiger partial charge in [0.2, 0.25) is 21.8 Å². The van der Waals surface area contributed by atoms with E-state index in [2.05, 4.69) is 5.32 Å². The van der Waals surface area contributed by atoms with Gasteiger partial charge in [-0.2, -0.15) is 0 Å². The van der Waals surface area contributed by atoms with Crippen molar-refractivity contribution in [1.29, 1.82) is 0 Å². The number of anilines is 1. The third kappa shape index (κ3) is 6.53. The SMILES string of the molecule is CCc1ccc(N(CC(=O)N(Cc2ccc(F)cc2)[C@@H](CC)C(=O)NC)S(C)(=O)=O)cc1. The Kier molecular flexibility index (Phi) is 8.77. The van der Waals surface area contributed by atoms with Crippen LogP contribution in [0.2, 0.25) is 0 Å². The fourth-order valence-corrected chi connectivity index (χ4v) is 4.23. The van der Waals surface area contributed by atoms with Crippen LogP contribution in [0.1, 0.15) is 31.4 Å². The highest BCUT2D eigenvalue weighted by atomic mass is 32.2. The van der Waals surface area contributed by atoms with Crippen molar-refractivity contribution in [3.8, 4) is 0 Å². The van der Waals surface area contributed by atoms with Gasteiger partial charge in [-0.15, -0.1) is 0 Å². The molecule has 32 heavy (non-hydrogen) atoms. The molecular formula is C23H30FN3O4S. The average molecular weight is 464 g/mol. The Bertz CT molecular complexity index is 1020. The molecule has 0 aliphatic rings. The minimum Gasteiger partial charge on any atom is -0.357 e. The molecule has 0 unspecified atom stereocenters. The monoisotopic (exact) mass is 463 g/mol. The molecule has 0 fully saturated rings. The fraction of sp³-hybridized carbons (Fsp3) is 0.391. The summed E-state index contributed by atoms with van der Waals surface area (Å²) in [6.45, 7) is 3.34. The summed E-state index contributed by atoms with van der Waals surface area (Å²) < 4.78 is 39.4. The first-order valence-corrected chi connectivity index (χ1v) is 12.3. The van der Waals surface area contributed by atoms with Crippen molar-refractivity contribution in [2.24, 2.45) is 0 Å². The van der Waals surface area contributed by atoms with Gasteiger partial charge < -0.3 is 10.2 Å². The first kappa shape index (κ1) is 25.3. The van der Waals surface area contributed by atoms with Gasteiger partial charge in [0.25, 0.3) is 0 Å². The van der Waals surface area contributed by atoms with E-state index in [1.165, 1.54) is 36.2 Å². The Balaban J connectivity index is 2.39. The van der Waals surface area contributed by atoms with Crippen LogP contribution in [0.3, 0.4) is 0 Å².